The van der Waals surface area contributed by atoms with Crippen LogP contribution in [0.25, 0.3) is 0 Å². The van der Waals surface area contributed by atoms with Crippen LogP contribution in [0, 0.1) is 15.5 Å². The maximum atomic E-state index is 11.4. The van der Waals surface area contributed by atoms with Gasteiger partial charge in [-0.2, -0.15) is 0 Å². The number of nitro benzene ring substituents is 1. The van der Waals surface area contributed by atoms with Gasteiger partial charge in [0, 0.05) is 12.1 Å². The second-order valence-corrected chi connectivity index (χ2v) is 5.01. The smallest absolute Gasteiger partial charge is 0.434 e. The lowest BCUT2D eigenvalue weighted by Crippen LogP contribution is -2.13. The van der Waals surface area contributed by atoms with Crippen molar-refractivity contribution in [3.05, 3.63) is 34.4 Å². The second-order valence-electron chi connectivity index (χ2n) is 5.01. The van der Waals surface area contributed by atoms with E-state index in [9.17, 15) is 14.9 Å². The van der Waals surface area contributed by atoms with Gasteiger partial charge in [-0.1, -0.05) is 6.92 Å². The fourth-order valence-corrected chi connectivity index (χ4v) is 1.61. The SMILES string of the molecule is CC1(CCOC(=O)Oc2ccc([N+](=O)[O-])cc2)CC1. The largest absolute Gasteiger partial charge is 0.513 e. The van der Waals surface area contributed by atoms with Crippen molar-refractivity contribution in [2.24, 2.45) is 5.41 Å². The summed E-state index contributed by atoms with van der Waals surface area (Å²) in [5, 5.41) is 10.4. The highest BCUT2D eigenvalue weighted by Gasteiger charge is 2.36. The van der Waals surface area contributed by atoms with Gasteiger partial charge in [-0.05, 0) is 36.8 Å². The zero-order valence-electron chi connectivity index (χ0n) is 10.6. The summed E-state index contributed by atoms with van der Waals surface area (Å²) < 4.78 is 9.85. The zero-order valence-corrected chi connectivity index (χ0v) is 10.6. The highest BCUT2D eigenvalue weighted by atomic mass is 16.7. The molecular formula is C13H15NO5. The standard InChI is InChI=1S/C13H15NO5/c1-13(6-7-13)8-9-18-12(15)19-11-4-2-10(3-5-11)14(16)17/h2-5H,6-9H2,1H3. The Balaban J connectivity index is 1.76. The van der Waals surface area contributed by atoms with Crippen molar-refractivity contribution in [2.75, 3.05) is 6.61 Å². The zero-order chi connectivity index (χ0) is 13.9. The normalized spacial score (nSPS) is 15.6. The number of benzene rings is 1. The average Bonchev–Trinajstić information content (AvgIpc) is 3.08. The average molecular weight is 265 g/mol. The Morgan fingerprint density at radius 2 is 2.00 bits per heavy atom. The van der Waals surface area contributed by atoms with Crippen molar-refractivity contribution in [3.63, 3.8) is 0 Å². The van der Waals surface area contributed by atoms with E-state index in [0.29, 0.717) is 12.0 Å². The topological polar surface area (TPSA) is 78.7 Å². The quantitative estimate of drug-likeness (QED) is 0.353. The number of hydrogen-bond donors (Lipinski definition) is 0. The van der Waals surface area contributed by atoms with Crippen LogP contribution in [0.15, 0.2) is 24.3 Å². The third-order valence-electron chi connectivity index (χ3n) is 3.28. The fraction of sp³-hybridized carbons (Fsp3) is 0.462. The Morgan fingerprint density at radius 1 is 1.37 bits per heavy atom. The number of hydrogen-bond acceptors (Lipinski definition) is 5. The van der Waals surface area contributed by atoms with Crippen molar-refractivity contribution in [3.8, 4) is 5.75 Å². The predicted molar refractivity (Wildman–Crippen MR) is 67.0 cm³/mol. The summed E-state index contributed by atoms with van der Waals surface area (Å²) in [6.07, 6.45) is 2.40. The molecule has 0 atom stereocenters. The highest BCUT2D eigenvalue weighted by molar-refractivity contribution is 5.63. The molecule has 0 saturated heterocycles. The number of ether oxygens (including phenoxy) is 2. The lowest BCUT2D eigenvalue weighted by atomic mass is 10.1. The van der Waals surface area contributed by atoms with E-state index in [0.717, 1.165) is 6.42 Å². The minimum atomic E-state index is -0.780. The molecule has 1 aromatic carbocycles. The molecule has 1 saturated carbocycles. The summed E-state index contributed by atoms with van der Waals surface area (Å²) in [7, 11) is 0. The Morgan fingerprint density at radius 3 is 2.53 bits per heavy atom. The first-order chi connectivity index (χ1) is 8.98. The third kappa shape index (κ3) is 3.94. The van der Waals surface area contributed by atoms with E-state index in [-0.39, 0.29) is 11.4 Å². The van der Waals surface area contributed by atoms with Crippen LogP contribution in [0.1, 0.15) is 26.2 Å². The molecule has 1 aromatic rings. The monoisotopic (exact) mass is 265 g/mol. The molecule has 2 rings (SSSR count). The molecule has 0 amide bonds. The predicted octanol–water partition coefficient (Wildman–Crippen LogP) is 3.30. The molecule has 1 aliphatic carbocycles. The summed E-state index contributed by atoms with van der Waals surface area (Å²) in [6.45, 7) is 2.49. The second kappa shape index (κ2) is 5.26. The molecule has 0 N–H and O–H groups in total. The molecule has 6 nitrogen and oxygen atoms in total. The molecular weight excluding hydrogens is 250 g/mol. The molecule has 0 spiro atoms. The molecule has 0 radical (unpaired) electrons. The van der Waals surface area contributed by atoms with E-state index in [1.807, 2.05) is 0 Å². The van der Waals surface area contributed by atoms with Gasteiger partial charge >= 0.3 is 6.16 Å². The van der Waals surface area contributed by atoms with Crippen molar-refractivity contribution in [1.29, 1.82) is 0 Å². The van der Waals surface area contributed by atoms with Gasteiger partial charge in [-0.25, -0.2) is 4.79 Å². The molecule has 19 heavy (non-hydrogen) atoms. The molecule has 1 fully saturated rings. The van der Waals surface area contributed by atoms with Gasteiger partial charge in [0.2, 0.25) is 0 Å². The summed E-state index contributed by atoms with van der Waals surface area (Å²) in [5.41, 5.74) is 0.274. The maximum absolute atomic E-state index is 11.4. The molecule has 0 unspecified atom stereocenters. The van der Waals surface area contributed by atoms with Crippen molar-refractivity contribution in [2.45, 2.75) is 26.2 Å². The van der Waals surface area contributed by atoms with Crippen LogP contribution in [0.3, 0.4) is 0 Å². The van der Waals surface area contributed by atoms with Gasteiger partial charge in [0.15, 0.2) is 0 Å². The number of carbonyl (C=O) groups excluding carboxylic acids is 1. The molecule has 0 bridgehead atoms. The van der Waals surface area contributed by atoms with Crippen LogP contribution in [0.2, 0.25) is 0 Å². The Hall–Kier alpha value is -2.11. The van der Waals surface area contributed by atoms with Crippen LogP contribution < -0.4 is 4.74 Å². The van der Waals surface area contributed by atoms with E-state index in [1.165, 1.54) is 37.1 Å². The lowest BCUT2D eigenvalue weighted by Gasteiger charge is -2.08. The minimum Gasteiger partial charge on any atom is -0.434 e. The van der Waals surface area contributed by atoms with Gasteiger partial charge in [-0.3, -0.25) is 10.1 Å². The van der Waals surface area contributed by atoms with Crippen LogP contribution in [-0.2, 0) is 4.74 Å². The summed E-state index contributed by atoms with van der Waals surface area (Å²) in [4.78, 5) is 21.3. The van der Waals surface area contributed by atoms with Gasteiger partial charge in [-0.15, -0.1) is 0 Å². The first-order valence-corrected chi connectivity index (χ1v) is 6.08. The molecule has 0 aliphatic heterocycles. The van der Waals surface area contributed by atoms with Gasteiger partial charge in [0.25, 0.3) is 5.69 Å². The summed E-state index contributed by atoms with van der Waals surface area (Å²) >= 11 is 0. The molecule has 1 aliphatic rings. The Labute approximate surface area is 110 Å². The maximum Gasteiger partial charge on any atom is 0.513 e. The van der Waals surface area contributed by atoms with E-state index < -0.39 is 11.1 Å². The first kappa shape index (κ1) is 13.3. The van der Waals surface area contributed by atoms with E-state index in [1.54, 1.807) is 0 Å². The van der Waals surface area contributed by atoms with Crippen LogP contribution >= 0.6 is 0 Å². The van der Waals surface area contributed by atoms with Gasteiger partial charge in [0.1, 0.15) is 5.75 Å². The van der Waals surface area contributed by atoms with E-state index >= 15 is 0 Å². The van der Waals surface area contributed by atoms with Crippen molar-refractivity contribution < 1.29 is 19.2 Å². The highest BCUT2D eigenvalue weighted by Crippen LogP contribution is 2.47. The van der Waals surface area contributed by atoms with Gasteiger partial charge in [0.05, 0.1) is 11.5 Å². The van der Waals surface area contributed by atoms with Gasteiger partial charge < -0.3 is 9.47 Å². The summed E-state index contributed by atoms with van der Waals surface area (Å²) in [5.74, 6) is 0.230. The van der Waals surface area contributed by atoms with E-state index in [4.69, 9.17) is 9.47 Å². The van der Waals surface area contributed by atoms with E-state index in [2.05, 4.69) is 6.92 Å². The Kier molecular flexibility index (Phi) is 3.69. The number of nitrogens with zero attached hydrogens (tertiary/aromatic N) is 1. The van der Waals surface area contributed by atoms with Crippen molar-refractivity contribution in [1.82, 2.24) is 0 Å². The van der Waals surface area contributed by atoms with Crippen molar-refractivity contribution >= 4 is 11.8 Å². The van der Waals surface area contributed by atoms with Crippen LogP contribution in [0.5, 0.6) is 5.75 Å². The first-order valence-electron chi connectivity index (χ1n) is 6.08. The molecule has 0 aromatic heterocycles. The fourth-order valence-electron chi connectivity index (χ4n) is 1.61. The van der Waals surface area contributed by atoms with Crippen LogP contribution in [-0.4, -0.2) is 17.7 Å². The Bertz CT molecular complexity index is 478. The number of carbonyl (C=O) groups is 1. The lowest BCUT2D eigenvalue weighted by molar-refractivity contribution is -0.384. The molecule has 6 heteroatoms. The summed E-state index contributed by atoms with van der Waals surface area (Å²) in [6, 6.07) is 5.27. The number of rotatable bonds is 5. The van der Waals surface area contributed by atoms with Crippen LogP contribution in [0.4, 0.5) is 10.5 Å². The third-order valence-corrected chi connectivity index (χ3v) is 3.28. The molecule has 102 valence electrons. The number of nitro groups is 1. The number of non-ortho nitro benzene ring substituents is 1. The molecule has 0 heterocycles. The minimum absolute atomic E-state index is 0.0534.